The molecule has 168 valence electrons. The summed E-state index contributed by atoms with van der Waals surface area (Å²) >= 11 is 7.28. The molecule has 0 saturated carbocycles. The van der Waals surface area contributed by atoms with Crippen molar-refractivity contribution in [3.63, 3.8) is 0 Å². The standard InChI is InChI=1S/C23H34ClNO4S/c1-6-7-8-9-10-11-12-21(27)30-15-20(26)25(18(4)23(28)29-5)22-16(2)13-14-19(24)17(22)3/h13-14,18H,6-12,15H2,1-5H3. The van der Waals surface area contributed by atoms with E-state index in [1.165, 1.54) is 31.3 Å². The van der Waals surface area contributed by atoms with Crippen LogP contribution in [-0.4, -0.2) is 35.9 Å². The van der Waals surface area contributed by atoms with Gasteiger partial charge in [0.2, 0.25) is 5.91 Å². The highest BCUT2D eigenvalue weighted by atomic mass is 35.5. The zero-order valence-electron chi connectivity index (χ0n) is 18.8. The lowest BCUT2D eigenvalue weighted by molar-refractivity contribution is -0.142. The van der Waals surface area contributed by atoms with Crippen LogP contribution in [0, 0.1) is 13.8 Å². The van der Waals surface area contributed by atoms with Crippen LogP contribution in [0.4, 0.5) is 5.69 Å². The van der Waals surface area contributed by atoms with Crippen molar-refractivity contribution in [2.24, 2.45) is 0 Å². The van der Waals surface area contributed by atoms with Gasteiger partial charge in [0, 0.05) is 11.4 Å². The molecular weight excluding hydrogens is 422 g/mol. The minimum Gasteiger partial charge on any atom is -0.467 e. The summed E-state index contributed by atoms with van der Waals surface area (Å²) in [5, 5.41) is 0.515. The predicted octanol–water partition coefficient (Wildman–Crippen LogP) is 5.86. The third-order valence-electron chi connectivity index (χ3n) is 5.10. The molecule has 30 heavy (non-hydrogen) atoms. The van der Waals surface area contributed by atoms with Crippen LogP contribution in [0.15, 0.2) is 12.1 Å². The second-order valence-corrected chi connectivity index (χ2v) is 8.92. The zero-order valence-corrected chi connectivity index (χ0v) is 20.3. The Morgan fingerprint density at radius 3 is 2.37 bits per heavy atom. The summed E-state index contributed by atoms with van der Waals surface area (Å²) in [4.78, 5) is 38.9. The topological polar surface area (TPSA) is 63.7 Å². The Kier molecular flexibility index (Phi) is 12.1. The number of benzene rings is 1. The minimum absolute atomic E-state index is 0.00375. The van der Waals surface area contributed by atoms with Gasteiger partial charge in [0.1, 0.15) is 6.04 Å². The number of rotatable bonds is 12. The van der Waals surface area contributed by atoms with Crippen LogP contribution in [0.5, 0.6) is 0 Å². The van der Waals surface area contributed by atoms with Crippen molar-refractivity contribution in [1.29, 1.82) is 0 Å². The fourth-order valence-electron chi connectivity index (χ4n) is 3.33. The van der Waals surface area contributed by atoms with Crippen molar-refractivity contribution < 1.29 is 19.1 Å². The van der Waals surface area contributed by atoms with Gasteiger partial charge in [-0.3, -0.25) is 14.5 Å². The molecule has 1 atom stereocenters. The quantitative estimate of drug-likeness (QED) is 0.291. The third kappa shape index (κ3) is 7.95. The van der Waals surface area contributed by atoms with E-state index in [0.29, 0.717) is 22.7 Å². The largest absolute Gasteiger partial charge is 0.467 e. The van der Waals surface area contributed by atoms with E-state index >= 15 is 0 Å². The number of thioether (sulfide) groups is 1. The molecule has 0 aliphatic rings. The molecule has 1 aromatic rings. The first-order chi connectivity index (χ1) is 14.2. The van der Waals surface area contributed by atoms with Gasteiger partial charge in [-0.1, -0.05) is 68.5 Å². The van der Waals surface area contributed by atoms with Crippen LogP contribution in [-0.2, 0) is 19.1 Å². The number of anilines is 1. The third-order valence-corrected chi connectivity index (χ3v) is 6.42. The molecule has 1 unspecified atom stereocenters. The molecule has 7 heteroatoms. The first kappa shape index (κ1) is 26.5. The van der Waals surface area contributed by atoms with Crippen molar-refractivity contribution in [1.82, 2.24) is 0 Å². The highest BCUT2D eigenvalue weighted by Gasteiger charge is 2.31. The van der Waals surface area contributed by atoms with E-state index in [9.17, 15) is 14.4 Å². The number of nitrogens with zero attached hydrogens (tertiary/aromatic N) is 1. The van der Waals surface area contributed by atoms with Crippen LogP contribution in [0.25, 0.3) is 0 Å². The monoisotopic (exact) mass is 455 g/mol. The molecule has 0 N–H and O–H groups in total. The molecule has 0 aromatic heterocycles. The number of ether oxygens (including phenoxy) is 1. The maximum Gasteiger partial charge on any atom is 0.328 e. The number of unbranched alkanes of at least 4 members (excludes halogenated alkanes) is 5. The first-order valence-corrected chi connectivity index (χ1v) is 11.9. The number of esters is 1. The highest BCUT2D eigenvalue weighted by molar-refractivity contribution is 8.14. The molecule has 1 amide bonds. The molecule has 0 aliphatic carbocycles. The van der Waals surface area contributed by atoms with Gasteiger partial charge < -0.3 is 4.74 Å². The van der Waals surface area contributed by atoms with Crippen LogP contribution in [0.2, 0.25) is 5.02 Å². The Labute approximate surface area is 189 Å². The van der Waals surface area contributed by atoms with Gasteiger partial charge in [-0.15, -0.1) is 0 Å². The van der Waals surface area contributed by atoms with Crippen LogP contribution in [0.3, 0.4) is 0 Å². The smallest absolute Gasteiger partial charge is 0.328 e. The molecule has 1 rings (SSSR count). The van der Waals surface area contributed by atoms with Gasteiger partial charge in [0.15, 0.2) is 5.12 Å². The molecule has 0 bridgehead atoms. The molecule has 0 radical (unpaired) electrons. The lowest BCUT2D eigenvalue weighted by atomic mass is 10.1. The number of carbonyl (C=O) groups is 3. The van der Waals surface area contributed by atoms with Gasteiger partial charge in [-0.25, -0.2) is 4.79 Å². The van der Waals surface area contributed by atoms with Crippen molar-refractivity contribution in [3.05, 3.63) is 28.3 Å². The highest BCUT2D eigenvalue weighted by Crippen LogP contribution is 2.32. The summed E-state index contributed by atoms with van der Waals surface area (Å²) in [7, 11) is 1.29. The summed E-state index contributed by atoms with van der Waals surface area (Å²) in [6, 6.07) is 2.75. The predicted molar refractivity (Wildman–Crippen MR) is 125 cm³/mol. The fraction of sp³-hybridized carbons (Fsp3) is 0.609. The maximum atomic E-state index is 13.1. The van der Waals surface area contributed by atoms with Crippen LogP contribution in [0.1, 0.15) is 69.9 Å². The molecular formula is C23H34ClNO4S. The van der Waals surface area contributed by atoms with E-state index in [0.717, 1.165) is 36.6 Å². The van der Waals surface area contributed by atoms with Crippen molar-refractivity contribution in [3.8, 4) is 0 Å². The van der Waals surface area contributed by atoms with Gasteiger partial charge in [-0.2, -0.15) is 0 Å². The Morgan fingerprint density at radius 2 is 1.73 bits per heavy atom. The molecule has 0 fully saturated rings. The summed E-state index contributed by atoms with van der Waals surface area (Å²) in [6.45, 7) is 7.46. The van der Waals surface area contributed by atoms with E-state index in [1.807, 2.05) is 19.9 Å². The molecule has 0 saturated heterocycles. The molecule has 0 spiro atoms. The van der Waals surface area contributed by atoms with Crippen molar-refractivity contribution in [2.75, 3.05) is 17.8 Å². The van der Waals surface area contributed by atoms with Crippen LogP contribution >= 0.6 is 23.4 Å². The van der Waals surface area contributed by atoms with Gasteiger partial charge in [0.25, 0.3) is 0 Å². The first-order valence-electron chi connectivity index (χ1n) is 10.6. The molecule has 1 aromatic carbocycles. The van der Waals surface area contributed by atoms with E-state index in [4.69, 9.17) is 16.3 Å². The number of amides is 1. The number of methoxy groups -OCH3 is 1. The van der Waals surface area contributed by atoms with E-state index in [1.54, 1.807) is 13.0 Å². The number of carbonyl (C=O) groups excluding carboxylic acids is 3. The lowest BCUT2D eigenvalue weighted by Crippen LogP contribution is -2.45. The average Bonchev–Trinajstić information content (AvgIpc) is 2.73. The second kappa shape index (κ2) is 13.7. The SMILES string of the molecule is CCCCCCCCC(=O)SCC(=O)N(c1c(C)ccc(Cl)c1C)C(C)C(=O)OC. The van der Waals surface area contributed by atoms with E-state index in [2.05, 4.69) is 6.92 Å². The molecule has 0 heterocycles. The summed E-state index contributed by atoms with van der Waals surface area (Å²) < 4.78 is 4.85. The second-order valence-electron chi connectivity index (χ2n) is 7.48. The normalized spacial score (nSPS) is 11.8. The van der Waals surface area contributed by atoms with E-state index in [-0.39, 0.29) is 16.8 Å². The Bertz CT molecular complexity index is 738. The van der Waals surface area contributed by atoms with Gasteiger partial charge in [-0.05, 0) is 44.4 Å². The van der Waals surface area contributed by atoms with Crippen molar-refractivity contribution in [2.45, 2.75) is 78.7 Å². The fourth-order valence-corrected chi connectivity index (χ4v) is 4.19. The van der Waals surface area contributed by atoms with Gasteiger partial charge in [0.05, 0.1) is 18.6 Å². The van der Waals surface area contributed by atoms with Crippen LogP contribution < -0.4 is 4.90 Å². The van der Waals surface area contributed by atoms with E-state index < -0.39 is 12.0 Å². The number of aryl methyl sites for hydroxylation is 1. The zero-order chi connectivity index (χ0) is 22.7. The minimum atomic E-state index is -0.826. The number of halogens is 1. The lowest BCUT2D eigenvalue weighted by Gasteiger charge is -2.30. The summed E-state index contributed by atoms with van der Waals surface area (Å²) in [5.41, 5.74) is 2.13. The Morgan fingerprint density at radius 1 is 1.10 bits per heavy atom. The average molecular weight is 456 g/mol. The number of hydrogen-bond acceptors (Lipinski definition) is 5. The summed E-state index contributed by atoms with van der Waals surface area (Å²) in [5.74, 6) is -0.866. The number of hydrogen-bond donors (Lipinski definition) is 0. The van der Waals surface area contributed by atoms with Crippen molar-refractivity contribution >= 4 is 46.0 Å². The van der Waals surface area contributed by atoms with Gasteiger partial charge >= 0.3 is 5.97 Å². The Hall–Kier alpha value is -1.53. The Balaban J connectivity index is 2.82. The molecule has 0 aliphatic heterocycles. The molecule has 5 nitrogen and oxygen atoms in total. The maximum absolute atomic E-state index is 13.1. The summed E-state index contributed by atoms with van der Waals surface area (Å²) in [6.07, 6.45) is 7.12.